The molecular weight excluding hydrogens is 792 g/mol. The van der Waals surface area contributed by atoms with Gasteiger partial charge in [0.1, 0.15) is 23.5 Å². The molecule has 0 bridgehead atoms. The first-order valence-corrected chi connectivity index (χ1v) is 20.9. The molecule has 2 aliphatic rings. The van der Waals surface area contributed by atoms with E-state index in [-0.39, 0.29) is 29.5 Å². The number of carbonyl (C=O) groups excluding carboxylic acids is 3. The zero-order valence-corrected chi connectivity index (χ0v) is 35.1. The van der Waals surface area contributed by atoms with Crippen LogP contribution in [0, 0.1) is 11.7 Å². The molecule has 6 aromatic rings. The lowest BCUT2D eigenvalue weighted by Gasteiger charge is -2.31. The predicted molar refractivity (Wildman–Crippen MR) is 231 cm³/mol. The molecule has 15 heteroatoms. The van der Waals surface area contributed by atoms with Crippen LogP contribution in [0.4, 0.5) is 9.18 Å². The standard InChI is InChI=1S/C47H51FN8O6/c1-27(2)40(53-46(59)61-3)44(57)55-21-7-11-38(55)43-50-26-37(52-43)33-20-19-31-23-30(17-18-32(31)24-33)28-13-15-29(16-14-28)36-25-49-42(51-36)39-12-8-22-56(39)45(58)41(54-47(60)62-4)34-9-5-6-10-35(34)48/h5-6,9-10,13-20,23-27,38-41,46,53,59H,7-8,11-12,21-22H2,1-4H3,(H,49,51)(H,50,52)(H,54,60)/t38-,39-,40-,41+,46?/m0/s1. The minimum atomic E-state index is -1.26. The Bertz CT molecular complexity index is 2560. The van der Waals surface area contributed by atoms with Gasteiger partial charge in [0.15, 0.2) is 0 Å². The minimum absolute atomic E-state index is 0.0552. The summed E-state index contributed by atoms with van der Waals surface area (Å²) in [6, 6.07) is 24.3. The summed E-state index contributed by atoms with van der Waals surface area (Å²) in [6.07, 6.45) is 4.55. The molecule has 4 heterocycles. The predicted octanol–water partition coefficient (Wildman–Crippen LogP) is 7.39. The van der Waals surface area contributed by atoms with E-state index in [0.717, 1.165) is 69.5 Å². The molecular formula is C47H51FN8O6. The van der Waals surface area contributed by atoms with Gasteiger partial charge >= 0.3 is 6.09 Å². The number of aliphatic hydroxyl groups is 1. The Morgan fingerprint density at radius 1 is 0.758 bits per heavy atom. The van der Waals surface area contributed by atoms with Crippen molar-refractivity contribution in [1.29, 1.82) is 0 Å². The second-order valence-electron chi connectivity index (χ2n) is 16.2. The van der Waals surface area contributed by atoms with Crippen molar-refractivity contribution < 1.29 is 33.4 Å². The molecule has 62 heavy (non-hydrogen) atoms. The van der Waals surface area contributed by atoms with E-state index in [0.29, 0.717) is 25.3 Å². The van der Waals surface area contributed by atoms with Crippen molar-refractivity contribution in [3.05, 3.63) is 120 Å². The monoisotopic (exact) mass is 842 g/mol. The third-order valence-corrected chi connectivity index (χ3v) is 12.0. The number of nitrogens with one attached hydrogen (secondary N) is 4. The SMILES string of the molecule is COC(=O)N[C@@H](C(=O)N1CCC[C@H]1c1ncc(-c2ccc(-c3ccc4cc(-c5cnc([C@@H]6CCCN6C(=O)[C@@H](NC(O)OC)C(C)C)[nH]5)ccc4c3)cc2)[nH]1)c1ccccc1F. The number of methoxy groups -OCH3 is 2. The summed E-state index contributed by atoms with van der Waals surface area (Å²) >= 11 is 0. The average molecular weight is 843 g/mol. The maximum atomic E-state index is 14.9. The molecule has 5 atom stereocenters. The molecule has 0 aliphatic carbocycles. The van der Waals surface area contributed by atoms with E-state index in [2.05, 4.69) is 74.1 Å². The number of hydrogen-bond acceptors (Lipinski definition) is 9. The maximum absolute atomic E-state index is 14.9. The zero-order valence-electron chi connectivity index (χ0n) is 35.1. The molecule has 3 amide bonds. The Morgan fingerprint density at radius 3 is 1.90 bits per heavy atom. The van der Waals surface area contributed by atoms with E-state index in [1.165, 1.54) is 32.4 Å². The van der Waals surface area contributed by atoms with Crippen molar-refractivity contribution in [2.75, 3.05) is 27.3 Å². The maximum Gasteiger partial charge on any atom is 0.407 e. The number of benzene rings is 4. The van der Waals surface area contributed by atoms with Crippen LogP contribution in [-0.2, 0) is 19.1 Å². The second kappa shape index (κ2) is 18.3. The third kappa shape index (κ3) is 8.69. The Balaban J connectivity index is 0.945. The van der Waals surface area contributed by atoms with Gasteiger partial charge in [-0.25, -0.2) is 19.2 Å². The molecule has 2 fully saturated rings. The topological polar surface area (TPSA) is 178 Å². The highest BCUT2D eigenvalue weighted by Crippen LogP contribution is 2.36. The average Bonchev–Trinajstić information content (AvgIpc) is 4.14. The summed E-state index contributed by atoms with van der Waals surface area (Å²) in [4.78, 5) is 59.5. The highest BCUT2D eigenvalue weighted by molar-refractivity contribution is 5.91. The van der Waals surface area contributed by atoms with E-state index in [1.54, 1.807) is 17.2 Å². The van der Waals surface area contributed by atoms with Gasteiger partial charge in [-0.3, -0.25) is 14.9 Å². The summed E-state index contributed by atoms with van der Waals surface area (Å²) in [6.45, 7) is 4.92. The van der Waals surface area contributed by atoms with Crippen molar-refractivity contribution in [3.63, 3.8) is 0 Å². The van der Waals surface area contributed by atoms with Crippen LogP contribution in [-0.4, -0.2) is 92.5 Å². The quantitative estimate of drug-likeness (QED) is 0.0742. The summed E-state index contributed by atoms with van der Waals surface area (Å²) in [7, 11) is 2.58. The number of aromatic amines is 2. The summed E-state index contributed by atoms with van der Waals surface area (Å²) in [5.41, 5.74) is 5.75. The van der Waals surface area contributed by atoms with Crippen LogP contribution in [0.25, 0.3) is 44.4 Å². The summed E-state index contributed by atoms with van der Waals surface area (Å²) in [5, 5.41) is 17.6. The van der Waals surface area contributed by atoms with Crippen LogP contribution in [0.2, 0.25) is 0 Å². The highest BCUT2D eigenvalue weighted by atomic mass is 19.1. The number of aliphatic hydroxyl groups excluding tert-OH is 1. The molecule has 8 rings (SSSR count). The summed E-state index contributed by atoms with van der Waals surface area (Å²) in [5.74, 6) is 0.169. The number of aromatic nitrogens is 4. The first-order valence-electron chi connectivity index (χ1n) is 20.9. The normalized spacial score (nSPS) is 18.0. The molecule has 2 aliphatic heterocycles. The lowest BCUT2D eigenvalue weighted by molar-refractivity contribution is -0.145. The van der Waals surface area contributed by atoms with Crippen LogP contribution in [0.15, 0.2) is 97.3 Å². The number of hydrogen-bond donors (Lipinski definition) is 5. The van der Waals surface area contributed by atoms with Crippen LogP contribution in [0.1, 0.15) is 74.9 Å². The number of nitrogens with zero attached hydrogens (tertiary/aromatic N) is 4. The van der Waals surface area contributed by atoms with Crippen LogP contribution < -0.4 is 10.6 Å². The fraction of sp³-hybridized carbons (Fsp3) is 0.340. The molecule has 2 aromatic heterocycles. The number of amides is 3. The van der Waals surface area contributed by atoms with Crippen molar-refractivity contribution >= 4 is 28.7 Å². The Kier molecular flexibility index (Phi) is 12.5. The number of ether oxygens (including phenoxy) is 2. The van der Waals surface area contributed by atoms with Gasteiger partial charge < -0.3 is 39.7 Å². The van der Waals surface area contributed by atoms with Gasteiger partial charge in [-0.2, -0.15) is 0 Å². The molecule has 322 valence electrons. The smallest absolute Gasteiger partial charge is 0.407 e. The lowest BCUT2D eigenvalue weighted by atomic mass is 9.98. The first-order chi connectivity index (χ1) is 30.0. The van der Waals surface area contributed by atoms with E-state index in [4.69, 9.17) is 14.5 Å². The van der Waals surface area contributed by atoms with Gasteiger partial charge in [0.05, 0.1) is 49.0 Å². The van der Waals surface area contributed by atoms with E-state index in [9.17, 15) is 23.9 Å². The second-order valence-corrected chi connectivity index (χ2v) is 16.2. The number of fused-ring (bicyclic) bond motifs is 1. The van der Waals surface area contributed by atoms with Crippen molar-refractivity contribution in [3.8, 4) is 33.6 Å². The molecule has 5 N–H and O–H groups in total. The molecule has 4 aromatic carbocycles. The van der Waals surface area contributed by atoms with Gasteiger partial charge in [-0.1, -0.05) is 80.6 Å². The van der Waals surface area contributed by atoms with E-state index < -0.39 is 36.3 Å². The molecule has 14 nitrogen and oxygen atoms in total. The number of H-pyrrole nitrogens is 2. The number of alkyl carbamates (subject to hydrolysis) is 1. The largest absolute Gasteiger partial charge is 0.453 e. The number of carbonyl (C=O) groups is 3. The number of likely N-dealkylation sites (tertiary alicyclic amines) is 2. The van der Waals surface area contributed by atoms with Crippen molar-refractivity contribution in [1.82, 2.24) is 40.4 Å². The Morgan fingerprint density at radius 2 is 1.31 bits per heavy atom. The Labute approximate surface area is 358 Å². The van der Waals surface area contributed by atoms with Crippen molar-refractivity contribution in [2.24, 2.45) is 5.92 Å². The van der Waals surface area contributed by atoms with Gasteiger partial charge in [-0.05, 0) is 77.3 Å². The molecule has 1 unspecified atom stereocenters. The number of rotatable bonds is 13. The molecule has 0 spiro atoms. The molecule has 2 saturated heterocycles. The van der Waals surface area contributed by atoms with Gasteiger partial charge in [-0.15, -0.1) is 0 Å². The van der Waals surface area contributed by atoms with Gasteiger partial charge in [0.2, 0.25) is 12.3 Å². The van der Waals surface area contributed by atoms with Crippen LogP contribution in [0.5, 0.6) is 0 Å². The molecule has 0 saturated carbocycles. The van der Waals surface area contributed by atoms with Crippen molar-refractivity contribution in [2.45, 2.75) is 70.1 Å². The zero-order chi connectivity index (χ0) is 43.5. The lowest BCUT2D eigenvalue weighted by Crippen LogP contribution is -2.52. The fourth-order valence-electron chi connectivity index (χ4n) is 8.64. The number of halogens is 1. The van der Waals surface area contributed by atoms with Crippen LogP contribution in [0.3, 0.4) is 0 Å². The van der Waals surface area contributed by atoms with Gasteiger partial charge in [0, 0.05) is 31.3 Å². The first kappa shape index (κ1) is 42.3. The highest BCUT2D eigenvalue weighted by Gasteiger charge is 2.39. The Hall–Kier alpha value is -6.42. The molecule has 0 radical (unpaired) electrons. The fourth-order valence-corrected chi connectivity index (χ4v) is 8.64. The number of imidazole rings is 2. The van der Waals surface area contributed by atoms with Crippen LogP contribution >= 0.6 is 0 Å². The third-order valence-electron chi connectivity index (χ3n) is 12.0. The summed E-state index contributed by atoms with van der Waals surface area (Å²) < 4.78 is 24.6. The van der Waals surface area contributed by atoms with E-state index >= 15 is 0 Å². The van der Waals surface area contributed by atoms with Gasteiger partial charge in [0.25, 0.3) is 5.91 Å². The van der Waals surface area contributed by atoms with E-state index in [1.807, 2.05) is 37.1 Å². The minimum Gasteiger partial charge on any atom is -0.453 e.